The largest absolute Gasteiger partial charge is 0.310 e. The molecular weight excluding hydrogens is 835 g/mol. The first-order valence-electron chi connectivity index (χ1n) is 23.8. The molecule has 0 saturated carbocycles. The molecule has 322 valence electrons. The number of benzene rings is 11. The predicted molar refractivity (Wildman–Crippen MR) is 289 cm³/mol. The molecule has 0 aliphatic heterocycles. The van der Waals surface area contributed by atoms with E-state index >= 15 is 0 Å². The second-order valence-electron chi connectivity index (χ2n) is 18.2. The van der Waals surface area contributed by atoms with Crippen LogP contribution in [-0.4, -0.2) is 9.55 Å². The molecule has 69 heavy (non-hydrogen) atoms. The number of rotatable bonds is 7. The van der Waals surface area contributed by atoms with Crippen LogP contribution in [0.25, 0.3) is 82.3 Å². The fourth-order valence-electron chi connectivity index (χ4n) is 11.7. The van der Waals surface area contributed by atoms with Crippen LogP contribution in [0.1, 0.15) is 22.3 Å². The zero-order chi connectivity index (χ0) is 45.5. The van der Waals surface area contributed by atoms with Gasteiger partial charge in [0.25, 0.3) is 0 Å². The number of hydrogen-bond acceptors (Lipinski definition) is 2. The molecule has 1 aliphatic rings. The van der Waals surface area contributed by atoms with Crippen molar-refractivity contribution in [1.82, 2.24) is 9.55 Å². The lowest BCUT2D eigenvalue weighted by Crippen LogP contribution is -2.28. The number of nitrogens with zero attached hydrogens (tertiary/aromatic N) is 3. The summed E-state index contributed by atoms with van der Waals surface area (Å²) in [6.45, 7) is 0. The highest BCUT2D eigenvalue weighted by molar-refractivity contribution is 6.29. The van der Waals surface area contributed by atoms with E-state index in [9.17, 15) is 0 Å². The molecule has 0 amide bonds. The van der Waals surface area contributed by atoms with Gasteiger partial charge in [-0.3, -0.25) is 0 Å². The van der Waals surface area contributed by atoms with Crippen molar-refractivity contribution >= 4 is 71.3 Å². The maximum atomic E-state index is 5.46. The molecular formula is C66H43N3. The van der Waals surface area contributed by atoms with Crippen LogP contribution in [0.5, 0.6) is 0 Å². The maximum Gasteiger partial charge on any atom is 0.0788 e. The summed E-state index contributed by atoms with van der Waals surface area (Å²) in [6, 6.07) is 95.4. The molecule has 0 radical (unpaired) electrons. The fourth-order valence-corrected chi connectivity index (χ4v) is 11.7. The van der Waals surface area contributed by atoms with Crippen molar-refractivity contribution in [2.24, 2.45) is 0 Å². The minimum atomic E-state index is -0.523. The second-order valence-corrected chi connectivity index (χ2v) is 18.2. The molecule has 0 unspecified atom stereocenters. The van der Waals surface area contributed by atoms with Crippen molar-refractivity contribution in [3.05, 3.63) is 283 Å². The Morgan fingerprint density at radius 3 is 1.74 bits per heavy atom. The Labute approximate surface area is 400 Å². The third kappa shape index (κ3) is 5.90. The second kappa shape index (κ2) is 15.5. The van der Waals surface area contributed by atoms with Gasteiger partial charge in [0.15, 0.2) is 0 Å². The van der Waals surface area contributed by atoms with Crippen molar-refractivity contribution in [3.8, 4) is 28.1 Å². The summed E-state index contributed by atoms with van der Waals surface area (Å²) < 4.78 is 2.40. The van der Waals surface area contributed by atoms with E-state index in [4.69, 9.17) is 4.98 Å². The average molecular weight is 878 g/mol. The Morgan fingerprint density at radius 1 is 0.362 bits per heavy atom. The average Bonchev–Trinajstić information content (AvgIpc) is 3.92. The smallest absolute Gasteiger partial charge is 0.0788 e. The molecule has 11 aromatic carbocycles. The molecule has 3 nitrogen and oxygen atoms in total. The van der Waals surface area contributed by atoms with Gasteiger partial charge in [-0.25, -0.2) is 4.98 Å². The lowest BCUT2D eigenvalue weighted by molar-refractivity contribution is 0.768. The number of fused-ring (bicyclic) bond motifs is 11. The van der Waals surface area contributed by atoms with Crippen LogP contribution in [-0.2, 0) is 5.41 Å². The van der Waals surface area contributed by atoms with Gasteiger partial charge in [-0.1, -0.05) is 194 Å². The molecule has 2 aromatic heterocycles. The molecule has 0 atom stereocenters. The third-order valence-corrected chi connectivity index (χ3v) is 14.6. The highest BCUT2D eigenvalue weighted by atomic mass is 15.1. The van der Waals surface area contributed by atoms with E-state index in [1.54, 1.807) is 0 Å². The molecule has 0 saturated heterocycles. The molecule has 0 bridgehead atoms. The summed E-state index contributed by atoms with van der Waals surface area (Å²) in [5.41, 5.74) is 16.8. The van der Waals surface area contributed by atoms with E-state index in [0.29, 0.717) is 0 Å². The Bertz CT molecular complexity index is 4080. The molecule has 1 aliphatic carbocycles. The van der Waals surface area contributed by atoms with E-state index < -0.39 is 5.41 Å². The number of aromatic nitrogens is 2. The van der Waals surface area contributed by atoms with E-state index in [0.717, 1.165) is 50.3 Å². The monoisotopic (exact) mass is 877 g/mol. The van der Waals surface area contributed by atoms with Gasteiger partial charge in [0.1, 0.15) is 0 Å². The zero-order valence-corrected chi connectivity index (χ0v) is 37.7. The standard InChI is InChI=1S/C66H43N3/c1-4-20-47(21-5-1)66(48-22-6-2-7-23-48)58-29-15-12-26-53(58)54-39-38-52(43-59(54)66)68(51-37-32-44-18-10-11-19-46(44)42-51)50-35-33-45(34-36-50)65-57-40-41-62-64(63(57)55-27-13-16-30-60(55)67-65)56-28-14-17-31-61(56)69(62)49-24-8-3-9-25-49/h1-43H. The summed E-state index contributed by atoms with van der Waals surface area (Å²) in [6.07, 6.45) is 0. The van der Waals surface area contributed by atoms with Crippen LogP contribution in [0.2, 0.25) is 0 Å². The molecule has 0 N–H and O–H groups in total. The van der Waals surface area contributed by atoms with Gasteiger partial charge < -0.3 is 9.47 Å². The van der Waals surface area contributed by atoms with Crippen LogP contribution in [0.4, 0.5) is 17.1 Å². The predicted octanol–water partition coefficient (Wildman–Crippen LogP) is 17.1. The topological polar surface area (TPSA) is 21.1 Å². The van der Waals surface area contributed by atoms with Crippen molar-refractivity contribution in [1.29, 1.82) is 0 Å². The zero-order valence-electron chi connectivity index (χ0n) is 37.7. The molecule has 0 spiro atoms. The van der Waals surface area contributed by atoms with Crippen molar-refractivity contribution < 1.29 is 0 Å². The molecule has 3 heteroatoms. The Kier molecular flexibility index (Phi) is 8.80. The van der Waals surface area contributed by atoms with Crippen molar-refractivity contribution in [2.75, 3.05) is 4.90 Å². The van der Waals surface area contributed by atoms with Gasteiger partial charge in [0, 0.05) is 55.2 Å². The van der Waals surface area contributed by atoms with Gasteiger partial charge in [-0.15, -0.1) is 0 Å². The highest BCUT2D eigenvalue weighted by Gasteiger charge is 2.46. The molecule has 14 rings (SSSR count). The Hall–Kier alpha value is -9.05. The summed E-state index contributed by atoms with van der Waals surface area (Å²) in [5, 5.41) is 8.38. The lowest BCUT2D eigenvalue weighted by atomic mass is 9.67. The first kappa shape index (κ1) is 39.1. The third-order valence-electron chi connectivity index (χ3n) is 14.6. The van der Waals surface area contributed by atoms with E-state index in [1.807, 2.05) is 0 Å². The van der Waals surface area contributed by atoms with Crippen molar-refractivity contribution in [3.63, 3.8) is 0 Å². The van der Waals surface area contributed by atoms with Gasteiger partial charge in [0.05, 0.1) is 27.7 Å². The number of para-hydroxylation sites is 3. The number of anilines is 3. The molecule has 2 heterocycles. The molecule has 0 fully saturated rings. The van der Waals surface area contributed by atoms with Gasteiger partial charge >= 0.3 is 0 Å². The Morgan fingerprint density at radius 2 is 0.957 bits per heavy atom. The summed E-state index contributed by atoms with van der Waals surface area (Å²) in [7, 11) is 0. The van der Waals surface area contributed by atoms with Crippen LogP contribution < -0.4 is 4.90 Å². The van der Waals surface area contributed by atoms with E-state index in [1.165, 1.54) is 71.3 Å². The fraction of sp³-hybridized carbons (Fsp3) is 0.0152. The van der Waals surface area contributed by atoms with Crippen LogP contribution in [0.15, 0.2) is 261 Å². The lowest BCUT2D eigenvalue weighted by Gasteiger charge is -2.35. The van der Waals surface area contributed by atoms with Crippen molar-refractivity contribution in [2.45, 2.75) is 5.41 Å². The van der Waals surface area contributed by atoms with Crippen LogP contribution >= 0.6 is 0 Å². The van der Waals surface area contributed by atoms with Gasteiger partial charge in [-0.05, 0) is 111 Å². The van der Waals surface area contributed by atoms with Crippen LogP contribution in [0, 0.1) is 0 Å². The van der Waals surface area contributed by atoms with Gasteiger partial charge in [-0.2, -0.15) is 0 Å². The minimum Gasteiger partial charge on any atom is -0.310 e. The highest BCUT2D eigenvalue weighted by Crippen LogP contribution is 2.57. The van der Waals surface area contributed by atoms with Crippen LogP contribution in [0.3, 0.4) is 0 Å². The van der Waals surface area contributed by atoms with Gasteiger partial charge in [0.2, 0.25) is 0 Å². The normalized spacial score (nSPS) is 12.8. The quantitative estimate of drug-likeness (QED) is 0.149. The number of hydrogen-bond donors (Lipinski definition) is 0. The SMILES string of the molecule is c1ccc(-n2c3ccccc3c3c4c(ccc32)c(-c2ccc(N(c3ccc5c(c3)C(c3ccccc3)(c3ccccc3)c3ccccc3-5)c3ccc5ccccc5c3)cc2)nc2ccccc24)cc1. The first-order chi connectivity index (χ1) is 34.2. The number of pyridine rings is 1. The van der Waals surface area contributed by atoms with E-state index in [-0.39, 0.29) is 0 Å². The summed E-state index contributed by atoms with van der Waals surface area (Å²) in [5.74, 6) is 0. The van der Waals surface area contributed by atoms with E-state index in [2.05, 4.69) is 270 Å². The Balaban J connectivity index is 0.977. The molecule has 13 aromatic rings. The first-order valence-corrected chi connectivity index (χ1v) is 23.8. The summed E-state index contributed by atoms with van der Waals surface area (Å²) in [4.78, 5) is 7.89. The minimum absolute atomic E-state index is 0.523. The summed E-state index contributed by atoms with van der Waals surface area (Å²) >= 11 is 0. The maximum absolute atomic E-state index is 5.46.